The highest BCUT2D eigenvalue weighted by Gasteiger charge is 2.42. The Hall–Kier alpha value is -1.59. The van der Waals surface area contributed by atoms with E-state index < -0.39 is 6.10 Å². The number of nitrogens with zero attached hydrogens (tertiary/aromatic N) is 4. The number of nitrogens with one attached hydrogen (secondary N) is 2. The van der Waals surface area contributed by atoms with Crippen LogP contribution in [0.1, 0.15) is 50.3 Å². The summed E-state index contributed by atoms with van der Waals surface area (Å²) < 4.78 is 1.80. The smallest absolute Gasteiger partial charge is 0.241 e. The number of hydrogen-bond acceptors (Lipinski definition) is 6. The van der Waals surface area contributed by atoms with Gasteiger partial charge < -0.3 is 15.7 Å². The number of aliphatic hydroxyl groups excluding tert-OH is 1. The Labute approximate surface area is 169 Å². The summed E-state index contributed by atoms with van der Waals surface area (Å²) in [6.45, 7) is 3.55. The SMILES string of the molecule is CCC1(c2c(C#N)c(Cl)c3cnc(NC4CCNCC4O)nn23)CCC1.Cl. The van der Waals surface area contributed by atoms with E-state index in [1.54, 1.807) is 10.7 Å². The van der Waals surface area contributed by atoms with E-state index in [1.807, 2.05) is 0 Å². The predicted molar refractivity (Wildman–Crippen MR) is 107 cm³/mol. The van der Waals surface area contributed by atoms with Crippen LogP contribution in [0.25, 0.3) is 5.52 Å². The molecule has 27 heavy (non-hydrogen) atoms. The first-order chi connectivity index (χ1) is 12.6. The van der Waals surface area contributed by atoms with E-state index in [0.29, 0.717) is 28.6 Å². The molecule has 1 saturated heterocycles. The third-order valence-electron chi connectivity index (χ3n) is 5.99. The van der Waals surface area contributed by atoms with Gasteiger partial charge in [0.2, 0.25) is 5.95 Å². The topological polar surface area (TPSA) is 98.3 Å². The maximum absolute atomic E-state index is 10.1. The predicted octanol–water partition coefficient (Wildman–Crippen LogP) is 2.64. The Balaban J connectivity index is 0.00000210. The van der Waals surface area contributed by atoms with Crippen molar-refractivity contribution in [3.8, 4) is 6.07 Å². The number of halogens is 2. The number of aromatic nitrogens is 3. The number of piperidine rings is 1. The average molecular weight is 411 g/mol. The van der Waals surface area contributed by atoms with Gasteiger partial charge in [0, 0.05) is 12.0 Å². The third kappa shape index (κ3) is 3.25. The molecule has 3 heterocycles. The Morgan fingerprint density at radius 1 is 1.52 bits per heavy atom. The van der Waals surface area contributed by atoms with Gasteiger partial charge in [-0.25, -0.2) is 9.50 Å². The lowest BCUT2D eigenvalue weighted by Gasteiger charge is -2.41. The summed E-state index contributed by atoms with van der Waals surface area (Å²) in [5, 5.41) is 31.3. The van der Waals surface area contributed by atoms with Crippen molar-refractivity contribution in [1.82, 2.24) is 19.9 Å². The van der Waals surface area contributed by atoms with Crippen molar-refractivity contribution in [2.45, 2.75) is 56.6 Å². The van der Waals surface area contributed by atoms with Crippen molar-refractivity contribution in [2.24, 2.45) is 0 Å². The van der Waals surface area contributed by atoms with Gasteiger partial charge in [0.1, 0.15) is 11.6 Å². The fourth-order valence-corrected chi connectivity index (χ4v) is 4.47. The zero-order valence-corrected chi connectivity index (χ0v) is 16.8. The lowest BCUT2D eigenvalue weighted by Crippen LogP contribution is -2.48. The van der Waals surface area contributed by atoms with Crippen LogP contribution >= 0.6 is 24.0 Å². The van der Waals surface area contributed by atoms with E-state index in [-0.39, 0.29) is 23.9 Å². The maximum Gasteiger partial charge on any atom is 0.241 e. The van der Waals surface area contributed by atoms with Crippen LogP contribution in [-0.4, -0.2) is 44.9 Å². The van der Waals surface area contributed by atoms with Crippen LogP contribution in [-0.2, 0) is 5.41 Å². The molecule has 0 radical (unpaired) electrons. The summed E-state index contributed by atoms with van der Waals surface area (Å²) in [5.74, 6) is 0.450. The van der Waals surface area contributed by atoms with Crippen molar-refractivity contribution in [3.63, 3.8) is 0 Å². The monoisotopic (exact) mass is 410 g/mol. The molecule has 3 N–H and O–H groups in total. The number of nitriles is 1. The number of anilines is 1. The molecule has 0 bridgehead atoms. The summed E-state index contributed by atoms with van der Waals surface area (Å²) >= 11 is 6.48. The fraction of sp³-hybridized carbons (Fsp3) is 0.611. The molecule has 0 amide bonds. The van der Waals surface area contributed by atoms with Crippen molar-refractivity contribution in [1.29, 1.82) is 5.26 Å². The molecule has 1 aliphatic heterocycles. The number of rotatable bonds is 4. The van der Waals surface area contributed by atoms with Gasteiger partial charge in [-0.05, 0) is 32.2 Å². The Kier molecular flexibility index (Phi) is 5.82. The van der Waals surface area contributed by atoms with E-state index in [2.05, 4.69) is 33.7 Å². The molecule has 146 valence electrons. The standard InChI is InChI=1S/C18H23ClN6O.ClH/c1-2-18(5-3-6-18)16-11(8-20)15(19)13-9-22-17(24-25(13)16)23-12-4-7-21-10-14(12)26;/h9,12,14,21,26H,2-7,10H2,1H3,(H,23,24);1H. The molecule has 7 nitrogen and oxygen atoms in total. The molecule has 2 atom stereocenters. The number of β-amino-alcohol motifs (C(OH)–C–C–N with tert-alkyl or cyclic N) is 1. The van der Waals surface area contributed by atoms with Crippen LogP contribution in [0, 0.1) is 11.3 Å². The molecule has 1 aliphatic carbocycles. The summed E-state index contributed by atoms with van der Waals surface area (Å²) in [7, 11) is 0. The van der Waals surface area contributed by atoms with Crippen molar-refractivity contribution < 1.29 is 5.11 Å². The molecule has 0 spiro atoms. The van der Waals surface area contributed by atoms with E-state index in [4.69, 9.17) is 11.6 Å². The Morgan fingerprint density at radius 3 is 2.89 bits per heavy atom. The Bertz CT molecular complexity index is 867. The molecule has 4 rings (SSSR count). The van der Waals surface area contributed by atoms with Crippen LogP contribution in [0.2, 0.25) is 5.02 Å². The quantitative estimate of drug-likeness (QED) is 0.716. The van der Waals surface area contributed by atoms with Gasteiger partial charge in [-0.2, -0.15) is 5.26 Å². The lowest BCUT2D eigenvalue weighted by molar-refractivity contribution is 0.128. The van der Waals surface area contributed by atoms with Crippen LogP contribution < -0.4 is 10.6 Å². The molecule has 2 fully saturated rings. The first kappa shape index (κ1) is 20.2. The van der Waals surface area contributed by atoms with Crippen molar-refractivity contribution in [3.05, 3.63) is 22.5 Å². The lowest BCUT2D eigenvalue weighted by atomic mass is 9.64. The van der Waals surface area contributed by atoms with Crippen molar-refractivity contribution >= 4 is 35.5 Å². The minimum atomic E-state index is -0.487. The summed E-state index contributed by atoms with van der Waals surface area (Å²) in [5.41, 5.74) is 2.04. The molecular weight excluding hydrogens is 387 g/mol. The summed E-state index contributed by atoms with van der Waals surface area (Å²) in [4.78, 5) is 4.37. The highest BCUT2D eigenvalue weighted by molar-refractivity contribution is 6.35. The van der Waals surface area contributed by atoms with Gasteiger partial charge in [-0.15, -0.1) is 17.5 Å². The van der Waals surface area contributed by atoms with Crippen LogP contribution in [0.5, 0.6) is 0 Å². The molecule has 9 heteroatoms. The third-order valence-corrected chi connectivity index (χ3v) is 6.37. The molecule has 2 unspecified atom stereocenters. The first-order valence-electron chi connectivity index (χ1n) is 9.23. The molecule has 1 saturated carbocycles. The van der Waals surface area contributed by atoms with Gasteiger partial charge in [0.25, 0.3) is 0 Å². The molecular formula is C18H24Cl2N6O. The zero-order valence-electron chi connectivity index (χ0n) is 15.2. The van der Waals surface area contributed by atoms with Crippen molar-refractivity contribution in [2.75, 3.05) is 18.4 Å². The maximum atomic E-state index is 10.1. The van der Waals surface area contributed by atoms with Gasteiger partial charge in [-0.1, -0.05) is 24.9 Å². The highest BCUT2D eigenvalue weighted by atomic mass is 35.5. The van der Waals surface area contributed by atoms with Gasteiger partial charge >= 0.3 is 0 Å². The largest absolute Gasteiger partial charge is 0.390 e. The minimum absolute atomic E-state index is 0. The first-order valence-corrected chi connectivity index (χ1v) is 9.60. The van der Waals surface area contributed by atoms with E-state index in [0.717, 1.165) is 44.3 Å². The second kappa shape index (κ2) is 7.80. The van der Waals surface area contributed by atoms with Gasteiger partial charge in [0.05, 0.1) is 34.6 Å². The summed E-state index contributed by atoms with van der Waals surface area (Å²) in [6, 6.07) is 2.19. The van der Waals surface area contributed by atoms with Gasteiger partial charge in [-0.3, -0.25) is 0 Å². The molecule has 2 aromatic rings. The second-order valence-electron chi connectivity index (χ2n) is 7.33. The number of fused-ring (bicyclic) bond motifs is 1. The average Bonchev–Trinajstić information content (AvgIpc) is 2.89. The number of hydrogen-bond donors (Lipinski definition) is 3. The molecule has 0 aromatic carbocycles. The summed E-state index contributed by atoms with van der Waals surface area (Å²) in [6.07, 6.45) is 6.16. The highest BCUT2D eigenvalue weighted by Crippen LogP contribution is 2.49. The molecule has 2 aromatic heterocycles. The van der Waals surface area contributed by atoms with Crippen LogP contribution in [0.15, 0.2) is 6.20 Å². The Morgan fingerprint density at radius 2 is 2.30 bits per heavy atom. The minimum Gasteiger partial charge on any atom is -0.390 e. The number of aliphatic hydroxyl groups is 1. The van der Waals surface area contributed by atoms with Gasteiger partial charge in [0.15, 0.2) is 0 Å². The normalized spacial score (nSPS) is 23.9. The fourth-order valence-electron chi connectivity index (χ4n) is 4.21. The van der Waals surface area contributed by atoms with E-state index in [9.17, 15) is 10.4 Å². The molecule has 2 aliphatic rings. The van der Waals surface area contributed by atoms with Crippen LogP contribution in [0.3, 0.4) is 0 Å². The zero-order chi connectivity index (χ0) is 18.3. The van der Waals surface area contributed by atoms with E-state index in [1.165, 1.54) is 0 Å². The van der Waals surface area contributed by atoms with Crippen LogP contribution in [0.4, 0.5) is 5.95 Å². The second-order valence-corrected chi connectivity index (χ2v) is 7.70. The van der Waals surface area contributed by atoms with E-state index >= 15 is 0 Å².